The Labute approximate surface area is 141 Å². The summed E-state index contributed by atoms with van der Waals surface area (Å²) >= 11 is 0. The van der Waals surface area contributed by atoms with Crippen LogP contribution >= 0.6 is 0 Å². The Morgan fingerprint density at radius 1 is 1.42 bits per heavy atom. The van der Waals surface area contributed by atoms with Crippen molar-refractivity contribution in [2.75, 3.05) is 0 Å². The van der Waals surface area contributed by atoms with Gasteiger partial charge < -0.3 is 20.3 Å². The van der Waals surface area contributed by atoms with E-state index in [4.69, 9.17) is 5.73 Å². The van der Waals surface area contributed by atoms with Gasteiger partial charge in [-0.2, -0.15) is 0 Å². The predicted molar refractivity (Wildman–Crippen MR) is 91.2 cm³/mol. The summed E-state index contributed by atoms with van der Waals surface area (Å²) < 4.78 is 2.07. The van der Waals surface area contributed by atoms with E-state index in [1.807, 2.05) is 29.4 Å². The lowest BCUT2D eigenvalue weighted by Crippen LogP contribution is -2.57. The predicted octanol–water partition coefficient (Wildman–Crippen LogP) is 1.27. The summed E-state index contributed by atoms with van der Waals surface area (Å²) in [7, 11) is 0. The largest absolute Gasteiger partial charge is 0.388 e. The van der Waals surface area contributed by atoms with E-state index in [9.17, 15) is 9.90 Å². The number of hydrogen-bond acceptors (Lipinski definition) is 4. The molecule has 2 aromatic heterocycles. The van der Waals surface area contributed by atoms with Crippen LogP contribution in [0.5, 0.6) is 0 Å². The van der Waals surface area contributed by atoms with Crippen LogP contribution in [0.4, 0.5) is 0 Å². The lowest BCUT2D eigenvalue weighted by molar-refractivity contribution is -0.143. The second kappa shape index (κ2) is 5.57. The van der Waals surface area contributed by atoms with Crippen molar-refractivity contribution in [1.82, 2.24) is 14.5 Å². The van der Waals surface area contributed by atoms with Gasteiger partial charge in [0.15, 0.2) is 0 Å². The Morgan fingerprint density at radius 2 is 2.12 bits per heavy atom. The SMILES string of the molecule is C[C@H](N)C(=O)N1[C@H]2CC[C@H]1CC(O)(Cn1ccc3ccncc31)C2. The number of aliphatic hydroxyl groups is 1. The number of piperidine rings is 1. The summed E-state index contributed by atoms with van der Waals surface area (Å²) in [6.07, 6.45) is 8.76. The number of hydrogen-bond donors (Lipinski definition) is 2. The topological polar surface area (TPSA) is 84.4 Å². The minimum atomic E-state index is -0.789. The molecule has 0 aliphatic carbocycles. The van der Waals surface area contributed by atoms with E-state index in [-0.39, 0.29) is 18.0 Å². The number of nitrogens with two attached hydrogens (primary N) is 1. The molecule has 24 heavy (non-hydrogen) atoms. The molecule has 6 nitrogen and oxygen atoms in total. The molecule has 0 unspecified atom stereocenters. The van der Waals surface area contributed by atoms with Gasteiger partial charge in [-0.25, -0.2) is 0 Å². The molecule has 2 saturated heterocycles. The Hall–Kier alpha value is -1.92. The van der Waals surface area contributed by atoms with Crippen molar-refractivity contribution in [2.45, 2.75) is 62.9 Å². The van der Waals surface area contributed by atoms with Gasteiger partial charge in [0.05, 0.1) is 29.9 Å². The number of rotatable bonds is 3. The molecule has 6 heteroatoms. The van der Waals surface area contributed by atoms with E-state index in [2.05, 4.69) is 9.55 Å². The van der Waals surface area contributed by atoms with Gasteiger partial charge in [-0.05, 0) is 44.7 Å². The fourth-order valence-electron chi connectivity index (χ4n) is 4.53. The van der Waals surface area contributed by atoms with Gasteiger partial charge >= 0.3 is 0 Å². The number of carbonyl (C=O) groups is 1. The van der Waals surface area contributed by atoms with Crippen LogP contribution in [-0.2, 0) is 11.3 Å². The summed E-state index contributed by atoms with van der Waals surface area (Å²) in [4.78, 5) is 18.5. The maximum atomic E-state index is 12.4. The van der Waals surface area contributed by atoms with Crippen molar-refractivity contribution in [3.8, 4) is 0 Å². The van der Waals surface area contributed by atoms with Gasteiger partial charge in [-0.1, -0.05) is 0 Å². The Balaban J connectivity index is 1.56. The molecule has 0 spiro atoms. The molecule has 3 atom stereocenters. The second-order valence-corrected chi connectivity index (χ2v) is 7.43. The molecule has 2 aliphatic rings. The number of fused-ring (bicyclic) bond motifs is 3. The molecular weight excluding hydrogens is 304 g/mol. The summed E-state index contributed by atoms with van der Waals surface area (Å²) in [6, 6.07) is 3.76. The first-order valence-corrected chi connectivity index (χ1v) is 8.66. The van der Waals surface area contributed by atoms with Gasteiger partial charge in [0.25, 0.3) is 0 Å². The maximum absolute atomic E-state index is 12.4. The van der Waals surface area contributed by atoms with Crippen LogP contribution < -0.4 is 5.73 Å². The number of aromatic nitrogens is 2. The highest BCUT2D eigenvalue weighted by molar-refractivity contribution is 5.82. The molecular formula is C18H24N4O2. The van der Waals surface area contributed by atoms with E-state index >= 15 is 0 Å². The second-order valence-electron chi connectivity index (χ2n) is 7.43. The third kappa shape index (κ3) is 2.50. The number of carbonyl (C=O) groups excluding carboxylic acids is 1. The first kappa shape index (κ1) is 15.6. The lowest BCUT2D eigenvalue weighted by Gasteiger charge is -2.44. The zero-order valence-electron chi connectivity index (χ0n) is 13.9. The normalized spacial score (nSPS) is 30.7. The van der Waals surface area contributed by atoms with Crippen LogP contribution in [0.2, 0.25) is 0 Å². The molecule has 128 valence electrons. The minimum Gasteiger partial charge on any atom is -0.388 e. The zero-order valence-corrected chi connectivity index (χ0v) is 13.9. The standard InChI is InChI=1S/C18H24N4O2/c1-12(19)17(23)22-14-2-3-15(22)9-18(24,8-14)11-21-7-5-13-4-6-20-10-16(13)21/h4-7,10,12,14-15,24H,2-3,8-9,11,19H2,1H3/t12-,14-,15-/m0/s1. The number of nitrogens with zero attached hydrogens (tertiary/aromatic N) is 3. The molecule has 4 rings (SSSR count). The molecule has 0 saturated carbocycles. The first-order valence-electron chi connectivity index (χ1n) is 8.66. The van der Waals surface area contributed by atoms with Crippen molar-refractivity contribution < 1.29 is 9.90 Å². The van der Waals surface area contributed by atoms with Gasteiger partial charge in [-0.3, -0.25) is 9.78 Å². The van der Waals surface area contributed by atoms with Crippen LogP contribution in [0.25, 0.3) is 10.9 Å². The van der Waals surface area contributed by atoms with Crippen molar-refractivity contribution in [3.63, 3.8) is 0 Å². The van der Waals surface area contributed by atoms with E-state index in [0.717, 1.165) is 23.7 Å². The number of pyridine rings is 1. The van der Waals surface area contributed by atoms with E-state index < -0.39 is 11.6 Å². The van der Waals surface area contributed by atoms with Crippen LogP contribution in [0, 0.1) is 0 Å². The molecule has 2 bridgehead atoms. The highest BCUT2D eigenvalue weighted by atomic mass is 16.3. The molecule has 2 aromatic rings. The molecule has 0 aromatic carbocycles. The van der Waals surface area contributed by atoms with Crippen LogP contribution in [0.3, 0.4) is 0 Å². The van der Waals surface area contributed by atoms with Crippen molar-refractivity contribution >= 4 is 16.8 Å². The van der Waals surface area contributed by atoms with Crippen LogP contribution in [0.15, 0.2) is 30.7 Å². The van der Waals surface area contributed by atoms with Crippen LogP contribution in [-0.4, -0.2) is 49.2 Å². The van der Waals surface area contributed by atoms with E-state index in [1.165, 1.54) is 0 Å². The molecule has 0 radical (unpaired) electrons. The van der Waals surface area contributed by atoms with E-state index in [0.29, 0.717) is 19.4 Å². The Morgan fingerprint density at radius 3 is 2.79 bits per heavy atom. The fraction of sp³-hybridized carbons (Fsp3) is 0.556. The van der Waals surface area contributed by atoms with Crippen LogP contribution in [0.1, 0.15) is 32.6 Å². The van der Waals surface area contributed by atoms with Crippen molar-refractivity contribution in [1.29, 1.82) is 0 Å². The maximum Gasteiger partial charge on any atom is 0.239 e. The average Bonchev–Trinajstić information content (AvgIpc) is 3.06. The zero-order chi connectivity index (χ0) is 16.9. The van der Waals surface area contributed by atoms with Gasteiger partial charge in [0, 0.05) is 29.9 Å². The molecule has 3 N–H and O–H groups in total. The molecule has 4 heterocycles. The Bertz CT molecular complexity index is 755. The highest BCUT2D eigenvalue weighted by Crippen LogP contribution is 2.42. The Kier molecular flexibility index (Phi) is 3.62. The minimum absolute atomic E-state index is 0.0140. The van der Waals surface area contributed by atoms with E-state index in [1.54, 1.807) is 13.1 Å². The summed E-state index contributed by atoms with van der Waals surface area (Å²) in [5, 5.41) is 12.3. The van der Waals surface area contributed by atoms with Gasteiger partial charge in [0.1, 0.15) is 0 Å². The lowest BCUT2D eigenvalue weighted by atomic mass is 9.85. The smallest absolute Gasteiger partial charge is 0.239 e. The molecule has 2 aliphatic heterocycles. The highest BCUT2D eigenvalue weighted by Gasteiger charge is 2.49. The summed E-state index contributed by atoms with van der Waals surface area (Å²) in [5.74, 6) is 0.0140. The molecule has 1 amide bonds. The van der Waals surface area contributed by atoms with Gasteiger partial charge in [0.2, 0.25) is 5.91 Å². The quantitative estimate of drug-likeness (QED) is 0.888. The first-order chi connectivity index (χ1) is 11.5. The van der Waals surface area contributed by atoms with Crippen molar-refractivity contribution in [3.05, 3.63) is 30.7 Å². The summed E-state index contributed by atoms with van der Waals surface area (Å²) in [5.41, 5.74) is 6.04. The fourth-order valence-corrected chi connectivity index (χ4v) is 4.53. The van der Waals surface area contributed by atoms with Gasteiger partial charge in [-0.15, -0.1) is 0 Å². The molecule has 2 fully saturated rings. The number of amides is 1. The summed E-state index contributed by atoms with van der Waals surface area (Å²) in [6.45, 7) is 2.27. The average molecular weight is 328 g/mol. The monoisotopic (exact) mass is 328 g/mol. The third-order valence-electron chi connectivity index (χ3n) is 5.54. The third-order valence-corrected chi connectivity index (χ3v) is 5.54. The van der Waals surface area contributed by atoms with Crippen molar-refractivity contribution in [2.24, 2.45) is 5.73 Å².